The topological polar surface area (TPSA) is 47.9 Å². The number of aliphatic hydroxyl groups is 1. The largest absolute Gasteiger partial charge is 0.496 e. The van der Waals surface area contributed by atoms with Crippen molar-refractivity contribution in [3.05, 3.63) is 29.3 Å². The van der Waals surface area contributed by atoms with Crippen molar-refractivity contribution < 1.29 is 19.3 Å². The van der Waals surface area contributed by atoms with Crippen LogP contribution in [-0.4, -0.2) is 26.4 Å². The van der Waals surface area contributed by atoms with E-state index in [1.54, 1.807) is 21.3 Å². The zero-order valence-corrected chi connectivity index (χ0v) is 11.6. The van der Waals surface area contributed by atoms with Crippen molar-refractivity contribution in [2.24, 2.45) is 0 Å². The molecule has 0 aliphatic carbocycles. The number of hydrogen-bond acceptors (Lipinski definition) is 4. The van der Waals surface area contributed by atoms with Crippen LogP contribution in [0.5, 0.6) is 17.2 Å². The second-order valence-electron chi connectivity index (χ2n) is 4.21. The molecular formula is C15H18O4. The van der Waals surface area contributed by atoms with E-state index in [4.69, 9.17) is 14.2 Å². The minimum Gasteiger partial charge on any atom is -0.496 e. The second-order valence-corrected chi connectivity index (χ2v) is 4.21. The first-order chi connectivity index (χ1) is 9.19. The lowest BCUT2D eigenvalue weighted by Crippen LogP contribution is -2.01. The van der Waals surface area contributed by atoms with Crippen molar-refractivity contribution in [3.8, 4) is 17.2 Å². The van der Waals surface area contributed by atoms with Crippen molar-refractivity contribution in [3.63, 3.8) is 0 Å². The fourth-order valence-corrected chi connectivity index (χ4v) is 2.46. The molecule has 0 saturated heterocycles. The van der Waals surface area contributed by atoms with Crippen molar-refractivity contribution in [1.29, 1.82) is 0 Å². The number of rotatable bonds is 4. The molecule has 0 unspecified atom stereocenters. The van der Waals surface area contributed by atoms with Crippen molar-refractivity contribution in [1.82, 2.24) is 0 Å². The van der Waals surface area contributed by atoms with E-state index in [-0.39, 0.29) is 6.61 Å². The van der Waals surface area contributed by atoms with E-state index >= 15 is 0 Å². The zero-order chi connectivity index (χ0) is 14.0. The van der Waals surface area contributed by atoms with Crippen LogP contribution < -0.4 is 14.2 Å². The van der Waals surface area contributed by atoms with E-state index in [1.165, 1.54) is 0 Å². The Labute approximate surface area is 112 Å². The molecule has 2 aromatic carbocycles. The number of aliphatic hydroxyl groups excluding tert-OH is 1. The van der Waals surface area contributed by atoms with Crippen molar-refractivity contribution >= 4 is 10.8 Å². The highest BCUT2D eigenvalue weighted by atomic mass is 16.5. The highest BCUT2D eigenvalue weighted by molar-refractivity contribution is 6.00. The van der Waals surface area contributed by atoms with Crippen LogP contribution in [-0.2, 0) is 6.61 Å². The lowest BCUT2D eigenvalue weighted by molar-refractivity contribution is 0.272. The van der Waals surface area contributed by atoms with Crippen LogP contribution in [0.2, 0.25) is 0 Å². The van der Waals surface area contributed by atoms with E-state index in [0.29, 0.717) is 11.5 Å². The Morgan fingerprint density at radius 2 is 1.68 bits per heavy atom. The molecule has 1 N–H and O–H groups in total. The van der Waals surface area contributed by atoms with Crippen LogP contribution in [0.1, 0.15) is 11.1 Å². The standard InChI is InChI=1S/C15H18O4/c1-9-11(8-16)15(19-4)13-10(14(9)18-3)6-5-7-12(13)17-2/h5-7,16H,8H2,1-4H3. The molecule has 0 saturated carbocycles. The first-order valence-corrected chi connectivity index (χ1v) is 6.00. The molecule has 0 atom stereocenters. The fraction of sp³-hybridized carbons (Fsp3) is 0.333. The predicted molar refractivity (Wildman–Crippen MR) is 74.3 cm³/mol. The maximum absolute atomic E-state index is 9.60. The molecule has 2 aromatic rings. The first kappa shape index (κ1) is 13.5. The van der Waals surface area contributed by atoms with Gasteiger partial charge in [0.2, 0.25) is 0 Å². The van der Waals surface area contributed by atoms with Gasteiger partial charge in [0.1, 0.15) is 17.2 Å². The van der Waals surface area contributed by atoms with Crippen LogP contribution >= 0.6 is 0 Å². The Bertz CT molecular complexity index is 605. The van der Waals surface area contributed by atoms with Crippen LogP contribution in [0, 0.1) is 6.92 Å². The Balaban J connectivity index is 3.01. The molecule has 0 amide bonds. The normalized spacial score (nSPS) is 10.6. The first-order valence-electron chi connectivity index (χ1n) is 6.00. The monoisotopic (exact) mass is 262 g/mol. The third-order valence-corrected chi connectivity index (χ3v) is 3.35. The molecule has 0 heterocycles. The number of methoxy groups -OCH3 is 3. The number of benzene rings is 2. The maximum atomic E-state index is 9.60. The Kier molecular flexibility index (Phi) is 3.81. The summed E-state index contributed by atoms with van der Waals surface area (Å²) in [6.45, 7) is 1.80. The van der Waals surface area contributed by atoms with Gasteiger partial charge in [-0.25, -0.2) is 0 Å². The van der Waals surface area contributed by atoms with Crippen LogP contribution in [0.3, 0.4) is 0 Å². The van der Waals surface area contributed by atoms with Gasteiger partial charge in [-0.2, -0.15) is 0 Å². The zero-order valence-electron chi connectivity index (χ0n) is 11.6. The van der Waals surface area contributed by atoms with Gasteiger partial charge in [0.05, 0.1) is 33.3 Å². The van der Waals surface area contributed by atoms with Gasteiger partial charge in [0.25, 0.3) is 0 Å². The van der Waals surface area contributed by atoms with Crippen LogP contribution in [0.15, 0.2) is 18.2 Å². The average molecular weight is 262 g/mol. The van der Waals surface area contributed by atoms with Crippen LogP contribution in [0.25, 0.3) is 10.8 Å². The highest BCUT2D eigenvalue weighted by Crippen LogP contribution is 2.44. The van der Waals surface area contributed by atoms with E-state index in [1.807, 2.05) is 25.1 Å². The summed E-state index contributed by atoms with van der Waals surface area (Å²) in [7, 11) is 4.82. The minimum absolute atomic E-state index is 0.112. The summed E-state index contributed by atoms with van der Waals surface area (Å²) in [5, 5.41) is 11.3. The number of hydrogen-bond donors (Lipinski definition) is 1. The quantitative estimate of drug-likeness (QED) is 0.920. The van der Waals surface area contributed by atoms with E-state index in [2.05, 4.69) is 0 Å². The molecule has 2 rings (SSSR count). The van der Waals surface area contributed by atoms with Crippen LogP contribution in [0.4, 0.5) is 0 Å². The average Bonchev–Trinajstić information content (AvgIpc) is 2.45. The molecule has 4 heteroatoms. The number of ether oxygens (including phenoxy) is 3. The van der Waals surface area contributed by atoms with Gasteiger partial charge >= 0.3 is 0 Å². The summed E-state index contributed by atoms with van der Waals surface area (Å²) in [5.41, 5.74) is 1.60. The van der Waals surface area contributed by atoms with Gasteiger partial charge in [-0.3, -0.25) is 0 Å². The highest BCUT2D eigenvalue weighted by Gasteiger charge is 2.20. The third kappa shape index (κ3) is 1.98. The molecule has 0 bridgehead atoms. The molecule has 0 aliphatic rings. The fourth-order valence-electron chi connectivity index (χ4n) is 2.46. The molecule has 19 heavy (non-hydrogen) atoms. The van der Waals surface area contributed by atoms with Gasteiger partial charge < -0.3 is 19.3 Å². The van der Waals surface area contributed by atoms with E-state index < -0.39 is 0 Å². The molecule has 0 fully saturated rings. The molecular weight excluding hydrogens is 244 g/mol. The second kappa shape index (κ2) is 5.36. The lowest BCUT2D eigenvalue weighted by Gasteiger charge is -2.19. The van der Waals surface area contributed by atoms with Crippen molar-refractivity contribution in [2.75, 3.05) is 21.3 Å². The van der Waals surface area contributed by atoms with Gasteiger partial charge in [-0.05, 0) is 13.0 Å². The van der Waals surface area contributed by atoms with E-state index in [9.17, 15) is 5.11 Å². The molecule has 0 aromatic heterocycles. The molecule has 102 valence electrons. The van der Waals surface area contributed by atoms with Crippen molar-refractivity contribution in [2.45, 2.75) is 13.5 Å². The van der Waals surface area contributed by atoms with Gasteiger partial charge in [-0.15, -0.1) is 0 Å². The predicted octanol–water partition coefficient (Wildman–Crippen LogP) is 2.67. The summed E-state index contributed by atoms with van der Waals surface area (Å²) in [4.78, 5) is 0. The summed E-state index contributed by atoms with van der Waals surface area (Å²) >= 11 is 0. The van der Waals surface area contributed by atoms with Gasteiger partial charge in [0, 0.05) is 16.5 Å². The minimum atomic E-state index is -0.112. The Morgan fingerprint density at radius 1 is 1.00 bits per heavy atom. The smallest absolute Gasteiger partial charge is 0.136 e. The Morgan fingerprint density at radius 3 is 2.21 bits per heavy atom. The van der Waals surface area contributed by atoms with Gasteiger partial charge in [-0.1, -0.05) is 12.1 Å². The summed E-state index contributed by atoms with van der Waals surface area (Å²) in [6.07, 6.45) is 0. The molecule has 0 radical (unpaired) electrons. The maximum Gasteiger partial charge on any atom is 0.136 e. The van der Waals surface area contributed by atoms with E-state index in [0.717, 1.165) is 27.6 Å². The van der Waals surface area contributed by atoms with Gasteiger partial charge in [0.15, 0.2) is 0 Å². The Hall–Kier alpha value is -1.94. The molecule has 4 nitrogen and oxygen atoms in total. The summed E-state index contributed by atoms with van der Waals surface area (Å²) in [5.74, 6) is 2.06. The summed E-state index contributed by atoms with van der Waals surface area (Å²) < 4.78 is 16.3. The molecule has 0 spiro atoms. The lowest BCUT2D eigenvalue weighted by atomic mass is 9.98. The third-order valence-electron chi connectivity index (χ3n) is 3.35. The SMILES string of the molecule is COc1c(C)c(CO)c(OC)c2c(OC)cccc12. The summed E-state index contributed by atoms with van der Waals surface area (Å²) in [6, 6.07) is 5.72. The molecule has 0 aliphatic heterocycles. The number of fused-ring (bicyclic) bond motifs is 1.